The summed E-state index contributed by atoms with van der Waals surface area (Å²) in [6.07, 6.45) is 3.89. The standard InChI is InChI=1S/C24H23N3O2S/c1-28-21-15-18(22-7-5-13-30-22)14-19-16-26(11-12-29-24(19)21)17-20-6-4-10-27(20)23-8-2-3-9-25-23/h2-10,13-15H,11-12,16-17H2,1H3. The first-order valence-corrected chi connectivity index (χ1v) is 10.9. The van der Waals surface area contributed by atoms with E-state index in [4.69, 9.17) is 9.47 Å². The molecule has 0 spiro atoms. The maximum Gasteiger partial charge on any atom is 0.165 e. The zero-order valence-corrected chi connectivity index (χ0v) is 17.6. The fraction of sp³-hybridized carbons (Fsp3) is 0.208. The molecule has 0 amide bonds. The molecular weight excluding hydrogens is 394 g/mol. The Hall–Kier alpha value is -3.09. The zero-order valence-electron chi connectivity index (χ0n) is 16.8. The van der Waals surface area contributed by atoms with Gasteiger partial charge in [-0.05, 0) is 53.4 Å². The predicted molar refractivity (Wildman–Crippen MR) is 119 cm³/mol. The van der Waals surface area contributed by atoms with E-state index in [1.54, 1.807) is 18.4 Å². The minimum atomic E-state index is 0.631. The summed E-state index contributed by atoms with van der Waals surface area (Å²) in [7, 11) is 1.71. The van der Waals surface area contributed by atoms with Crippen molar-refractivity contribution < 1.29 is 9.47 Å². The minimum absolute atomic E-state index is 0.631. The topological polar surface area (TPSA) is 39.5 Å². The van der Waals surface area contributed by atoms with Gasteiger partial charge in [-0.1, -0.05) is 12.1 Å². The zero-order chi connectivity index (χ0) is 20.3. The molecule has 5 rings (SSSR count). The Balaban J connectivity index is 1.45. The number of hydrogen-bond donors (Lipinski definition) is 0. The molecule has 0 bridgehead atoms. The highest BCUT2D eigenvalue weighted by Crippen LogP contribution is 2.39. The number of benzene rings is 1. The highest BCUT2D eigenvalue weighted by Gasteiger charge is 2.21. The number of pyridine rings is 1. The number of aromatic nitrogens is 2. The normalized spacial score (nSPS) is 14.0. The van der Waals surface area contributed by atoms with Crippen molar-refractivity contribution in [1.82, 2.24) is 14.5 Å². The van der Waals surface area contributed by atoms with Gasteiger partial charge in [-0.25, -0.2) is 4.98 Å². The van der Waals surface area contributed by atoms with Crippen molar-refractivity contribution in [3.8, 4) is 27.8 Å². The summed E-state index contributed by atoms with van der Waals surface area (Å²) in [6, 6.07) is 18.7. The van der Waals surface area contributed by atoms with Crippen molar-refractivity contribution in [2.24, 2.45) is 0 Å². The van der Waals surface area contributed by atoms with Gasteiger partial charge in [0.1, 0.15) is 12.4 Å². The summed E-state index contributed by atoms with van der Waals surface area (Å²) < 4.78 is 13.9. The number of hydrogen-bond acceptors (Lipinski definition) is 5. The fourth-order valence-corrected chi connectivity index (χ4v) is 4.62. The third-order valence-corrected chi connectivity index (χ3v) is 6.24. The van der Waals surface area contributed by atoms with Gasteiger partial charge in [0.2, 0.25) is 0 Å². The lowest BCUT2D eigenvalue weighted by Crippen LogP contribution is -2.26. The van der Waals surface area contributed by atoms with Gasteiger partial charge in [0, 0.05) is 48.2 Å². The van der Waals surface area contributed by atoms with E-state index < -0.39 is 0 Å². The molecule has 0 unspecified atom stereocenters. The van der Waals surface area contributed by atoms with Crippen LogP contribution in [0.25, 0.3) is 16.3 Å². The van der Waals surface area contributed by atoms with Crippen LogP contribution in [0.4, 0.5) is 0 Å². The van der Waals surface area contributed by atoms with E-state index in [1.165, 1.54) is 16.1 Å². The van der Waals surface area contributed by atoms with Crippen LogP contribution in [0, 0.1) is 0 Å². The molecule has 0 fully saturated rings. The molecule has 0 atom stereocenters. The van der Waals surface area contributed by atoms with E-state index >= 15 is 0 Å². The van der Waals surface area contributed by atoms with Crippen LogP contribution in [-0.4, -0.2) is 34.7 Å². The number of thiophene rings is 1. The first-order chi connectivity index (χ1) is 14.8. The Morgan fingerprint density at radius 1 is 1.13 bits per heavy atom. The molecule has 1 aliphatic heterocycles. The van der Waals surface area contributed by atoms with Crippen molar-refractivity contribution in [1.29, 1.82) is 0 Å². The van der Waals surface area contributed by atoms with E-state index in [9.17, 15) is 0 Å². The average Bonchev–Trinajstić information content (AvgIpc) is 3.43. The molecule has 3 aromatic heterocycles. The maximum absolute atomic E-state index is 6.12. The predicted octanol–water partition coefficient (Wildman–Crippen LogP) is 5.00. The van der Waals surface area contributed by atoms with E-state index in [0.29, 0.717) is 6.61 Å². The van der Waals surface area contributed by atoms with Gasteiger partial charge in [-0.2, -0.15) is 0 Å². The largest absolute Gasteiger partial charge is 0.493 e. The van der Waals surface area contributed by atoms with Crippen molar-refractivity contribution in [2.45, 2.75) is 13.1 Å². The van der Waals surface area contributed by atoms with Crippen molar-refractivity contribution in [3.05, 3.63) is 83.6 Å². The summed E-state index contributed by atoms with van der Waals surface area (Å²) >= 11 is 1.73. The molecule has 0 N–H and O–H groups in total. The Bertz CT molecular complexity index is 1120. The minimum Gasteiger partial charge on any atom is -0.493 e. The SMILES string of the molecule is COc1cc(-c2cccs2)cc2c1OCCN(Cc1cccn1-c1ccccn1)C2. The van der Waals surface area contributed by atoms with Gasteiger partial charge in [-0.3, -0.25) is 4.90 Å². The van der Waals surface area contributed by atoms with Crippen LogP contribution in [0.1, 0.15) is 11.3 Å². The molecule has 152 valence electrons. The van der Waals surface area contributed by atoms with Gasteiger partial charge >= 0.3 is 0 Å². The molecule has 6 heteroatoms. The quantitative estimate of drug-likeness (QED) is 0.458. The van der Waals surface area contributed by atoms with Gasteiger partial charge in [-0.15, -0.1) is 11.3 Å². The molecule has 5 nitrogen and oxygen atoms in total. The third kappa shape index (κ3) is 3.72. The maximum atomic E-state index is 6.12. The first kappa shape index (κ1) is 18.9. The smallest absolute Gasteiger partial charge is 0.165 e. The number of rotatable bonds is 5. The molecule has 0 saturated carbocycles. The van der Waals surface area contributed by atoms with Crippen LogP contribution in [0.2, 0.25) is 0 Å². The molecule has 4 heterocycles. The van der Waals surface area contributed by atoms with E-state index in [1.807, 2.05) is 24.4 Å². The number of fused-ring (bicyclic) bond motifs is 1. The molecular formula is C24H23N3O2S. The Morgan fingerprint density at radius 2 is 2.10 bits per heavy atom. The van der Waals surface area contributed by atoms with Gasteiger partial charge < -0.3 is 14.0 Å². The lowest BCUT2D eigenvalue weighted by molar-refractivity contribution is 0.214. The highest BCUT2D eigenvalue weighted by molar-refractivity contribution is 7.13. The second-order valence-electron chi connectivity index (χ2n) is 7.26. The summed E-state index contributed by atoms with van der Waals surface area (Å²) in [5.74, 6) is 2.60. The Morgan fingerprint density at radius 3 is 2.90 bits per heavy atom. The van der Waals surface area contributed by atoms with Crippen LogP contribution in [0.15, 0.2) is 72.4 Å². The van der Waals surface area contributed by atoms with Crippen LogP contribution in [0.3, 0.4) is 0 Å². The Kier molecular flexibility index (Phi) is 5.26. The van der Waals surface area contributed by atoms with E-state index in [2.05, 4.69) is 62.4 Å². The molecule has 0 aliphatic carbocycles. The second-order valence-corrected chi connectivity index (χ2v) is 8.21. The van der Waals surface area contributed by atoms with E-state index in [0.717, 1.165) is 42.5 Å². The van der Waals surface area contributed by atoms with Crippen LogP contribution in [0.5, 0.6) is 11.5 Å². The van der Waals surface area contributed by atoms with E-state index in [-0.39, 0.29) is 0 Å². The molecule has 0 saturated heterocycles. The molecule has 4 aromatic rings. The van der Waals surface area contributed by atoms with Crippen molar-refractivity contribution >= 4 is 11.3 Å². The van der Waals surface area contributed by atoms with Crippen molar-refractivity contribution in [2.75, 3.05) is 20.3 Å². The summed E-state index contributed by atoms with van der Waals surface area (Å²) in [6.45, 7) is 3.10. The van der Waals surface area contributed by atoms with Gasteiger partial charge in [0.05, 0.1) is 7.11 Å². The lowest BCUT2D eigenvalue weighted by Gasteiger charge is -2.20. The lowest BCUT2D eigenvalue weighted by atomic mass is 10.1. The summed E-state index contributed by atoms with van der Waals surface area (Å²) in [5.41, 5.74) is 3.53. The molecule has 1 aromatic carbocycles. The Labute approximate surface area is 180 Å². The van der Waals surface area contributed by atoms with Crippen LogP contribution < -0.4 is 9.47 Å². The third-order valence-electron chi connectivity index (χ3n) is 5.32. The first-order valence-electron chi connectivity index (χ1n) is 9.99. The van der Waals surface area contributed by atoms with Crippen LogP contribution in [-0.2, 0) is 13.1 Å². The van der Waals surface area contributed by atoms with Gasteiger partial charge in [0.15, 0.2) is 11.5 Å². The fourth-order valence-electron chi connectivity index (χ4n) is 3.90. The molecule has 1 aliphatic rings. The highest BCUT2D eigenvalue weighted by atomic mass is 32.1. The second kappa shape index (κ2) is 8.34. The number of methoxy groups -OCH3 is 1. The summed E-state index contributed by atoms with van der Waals surface area (Å²) in [5, 5.41) is 2.10. The van der Waals surface area contributed by atoms with Crippen LogP contribution >= 0.6 is 11.3 Å². The molecule has 30 heavy (non-hydrogen) atoms. The average molecular weight is 418 g/mol. The molecule has 0 radical (unpaired) electrons. The monoisotopic (exact) mass is 417 g/mol. The number of ether oxygens (including phenoxy) is 2. The summed E-state index contributed by atoms with van der Waals surface area (Å²) in [4.78, 5) is 8.14. The number of nitrogens with zero attached hydrogens (tertiary/aromatic N) is 3. The van der Waals surface area contributed by atoms with Crippen molar-refractivity contribution in [3.63, 3.8) is 0 Å². The van der Waals surface area contributed by atoms with Gasteiger partial charge in [0.25, 0.3) is 0 Å².